The SMILES string of the molecule is NC(=O)C(=O)C(Cc1ccccc1)NC(=O)c1cn(C(F)F)nc1-c1ccccn1. The number of nitrogens with zero attached hydrogens (tertiary/aromatic N) is 3. The van der Waals surface area contributed by atoms with E-state index in [1.54, 1.807) is 42.5 Å². The molecule has 1 unspecified atom stereocenters. The molecule has 3 aromatic rings. The number of Topliss-reactive ketones (excluding diaryl/α,β-unsaturated/α-hetero) is 1. The number of halogens is 2. The quantitative estimate of drug-likeness (QED) is 0.545. The maximum Gasteiger partial charge on any atom is 0.333 e. The van der Waals surface area contributed by atoms with E-state index in [-0.39, 0.29) is 23.4 Å². The summed E-state index contributed by atoms with van der Waals surface area (Å²) in [5.41, 5.74) is 5.67. The number of hydrogen-bond acceptors (Lipinski definition) is 5. The predicted molar refractivity (Wildman–Crippen MR) is 102 cm³/mol. The van der Waals surface area contributed by atoms with Crippen LogP contribution in [0.3, 0.4) is 0 Å². The maximum absolute atomic E-state index is 13.2. The van der Waals surface area contributed by atoms with Gasteiger partial charge < -0.3 is 11.1 Å². The molecule has 1 atom stereocenters. The summed E-state index contributed by atoms with van der Waals surface area (Å²) >= 11 is 0. The summed E-state index contributed by atoms with van der Waals surface area (Å²) in [6, 6.07) is 12.1. The van der Waals surface area contributed by atoms with Crippen LogP contribution in [0, 0.1) is 0 Å². The first-order valence-electron chi connectivity index (χ1n) is 8.84. The number of rotatable bonds is 8. The Morgan fingerprint density at radius 2 is 1.77 bits per heavy atom. The molecule has 154 valence electrons. The van der Waals surface area contributed by atoms with E-state index < -0.39 is 30.2 Å². The van der Waals surface area contributed by atoms with Crippen LogP contribution in [0.15, 0.2) is 60.9 Å². The van der Waals surface area contributed by atoms with Crippen LogP contribution in [0.2, 0.25) is 0 Å². The average Bonchev–Trinajstić information content (AvgIpc) is 3.20. The number of nitrogens with one attached hydrogen (secondary N) is 1. The predicted octanol–water partition coefficient (Wildman–Crippen LogP) is 1.74. The van der Waals surface area contributed by atoms with Gasteiger partial charge >= 0.3 is 6.55 Å². The topological polar surface area (TPSA) is 120 Å². The molecule has 0 fully saturated rings. The van der Waals surface area contributed by atoms with Crippen LogP contribution in [0.1, 0.15) is 22.5 Å². The van der Waals surface area contributed by atoms with Crippen molar-refractivity contribution >= 4 is 17.6 Å². The highest BCUT2D eigenvalue weighted by molar-refractivity contribution is 6.38. The maximum atomic E-state index is 13.2. The fraction of sp³-hybridized carbons (Fsp3) is 0.150. The minimum atomic E-state index is -2.98. The Kier molecular flexibility index (Phi) is 6.26. The lowest BCUT2D eigenvalue weighted by atomic mass is 10.0. The number of pyridine rings is 1. The van der Waals surface area contributed by atoms with Crippen LogP contribution in [-0.2, 0) is 16.0 Å². The van der Waals surface area contributed by atoms with E-state index in [9.17, 15) is 23.2 Å². The third-order valence-corrected chi connectivity index (χ3v) is 4.23. The zero-order chi connectivity index (χ0) is 21.7. The Hall–Kier alpha value is -3.95. The van der Waals surface area contributed by atoms with Crippen LogP contribution >= 0.6 is 0 Å². The summed E-state index contributed by atoms with van der Waals surface area (Å²) in [4.78, 5) is 40.6. The first-order valence-corrected chi connectivity index (χ1v) is 8.84. The van der Waals surface area contributed by atoms with Gasteiger partial charge in [0.2, 0.25) is 5.78 Å². The number of carbonyl (C=O) groups excluding carboxylic acids is 3. The van der Waals surface area contributed by atoms with Gasteiger partial charge in [-0.2, -0.15) is 13.9 Å². The smallest absolute Gasteiger partial charge is 0.333 e. The zero-order valence-electron chi connectivity index (χ0n) is 15.5. The van der Waals surface area contributed by atoms with Crippen molar-refractivity contribution in [3.8, 4) is 11.4 Å². The minimum Gasteiger partial charge on any atom is -0.363 e. The summed E-state index contributed by atoms with van der Waals surface area (Å²) in [5, 5.41) is 6.15. The standard InChI is InChI=1S/C20H17F2N5O3/c21-20(22)27-11-13(16(26-27)14-8-4-5-9-24-14)19(30)25-15(17(28)18(23)29)10-12-6-2-1-3-7-12/h1-9,11,15,20H,10H2,(H2,23,29)(H,25,30). The van der Waals surface area contributed by atoms with E-state index in [1.807, 2.05) is 0 Å². The molecule has 1 aromatic carbocycles. The van der Waals surface area contributed by atoms with Crippen LogP contribution in [0.5, 0.6) is 0 Å². The van der Waals surface area contributed by atoms with Crippen molar-refractivity contribution in [2.75, 3.05) is 0 Å². The molecule has 2 amide bonds. The highest BCUT2D eigenvalue weighted by Crippen LogP contribution is 2.23. The van der Waals surface area contributed by atoms with Crippen molar-refractivity contribution in [2.24, 2.45) is 5.73 Å². The van der Waals surface area contributed by atoms with Gasteiger partial charge in [-0.15, -0.1) is 0 Å². The third kappa shape index (κ3) is 4.72. The van der Waals surface area contributed by atoms with Gasteiger partial charge in [0.15, 0.2) is 0 Å². The van der Waals surface area contributed by atoms with E-state index in [0.29, 0.717) is 10.2 Å². The average molecular weight is 413 g/mol. The molecule has 0 aliphatic carbocycles. The molecule has 0 aliphatic rings. The molecule has 2 aromatic heterocycles. The van der Waals surface area contributed by atoms with Crippen LogP contribution in [0.4, 0.5) is 8.78 Å². The molecule has 30 heavy (non-hydrogen) atoms. The Labute approximate surface area is 169 Å². The fourth-order valence-corrected chi connectivity index (χ4v) is 2.82. The van der Waals surface area contributed by atoms with Gasteiger partial charge in [-0.25, -0.2) is 4.68 Å². The number of hydrogen-bond donors (Lipinski definition) is 2. The molecular weight excluding hydrogens is 396 g/mol. The number of aromatic nitrogens is 3. The van der Waals surface area contributed by atoms with E-state index >= 15 is 0 Å². The molecule has 0 aliphatic heterocycles. The second-order valence-corrected chi connectivity index (χ2v) is 6.31. The Morgan fingerprint density at radius 3 is 2.37 bits per heavy atom. The monoisotopic (exact) mass is 413 g/mol. The van der Waals surface area contributed by atoms with Gasteiger partial charge in [0.05, 0.1) is 11.3 Å². The van der Waals surface area contributed by atoms with E-state index in [1.165, 1.54) is 12.3 Å². The summed E-state index contributed by atoms with van der Waals surface area (Å²) in [6.07, 6.45) is 2.28. The highest BCUT2D eigenvalue weighted by atomic mass is 19.3. The van der Waals surface area contributed by atoms with Crippen molar-refractivity contribution in [3.05, 3.63) is 72.1 Å². The Bertz CT molecular complexity index is 1050. The lowest BCUT2D eigenvalue weighted by molar-refractivity contribution is -0.137. The van der Waals surface area contributed by atoms with Crippen molar-refractivity contribution < 1.29 is 23.2 Å². The molecule has 0 saturated carbocycles. The largest absolute Gasteiger partial charge is 0.363 e. The number of ketones is 1. The molecule has 10 heteroatoms. The summed E-state index contributed by atoms with van der Waals surface area (Å²) in [6.45, 7) is -2.98. The number of nitrogens with two attached hydrogens (primary N) is 1. The molecule has 2 heterocycles. The Balaban J connectivity index is 1.93. The van der Waals surface area contributed by atoms with Gasteiger partial charge in [0, 0.05) is 18.8 Å². The van der Waals surface area contributed by atoms with Crippen molar-refractivity contribution in [2.45, 2.75) is 19.0 Å². The lowest BCUT2D eigenvalue weighted by Gasteiger charge is -2.16. The molecule has 8 nitrogen and oxygen atoms in total. The summed E-state index contributed by atoms with van der Waals surface area (Å²) < 4.78 is 26.6. The molecule has 0 bridgehead atoms. The van der Waals surface area contributed by atoms with Gasteiger partial charge in [0.25, 0.3) is 11.8 Å². The van der Waals surface area contributed by atoms with Crippen LogP contribution in [-0.4, -0.2) is 38.4 Å². The molecule has 3 rings (SSSR count). The molecular formula is C20H17F2N5O3. The second-order valence-electron chi connectivity index (χ2n) is 6.31. The Morgan fingerprint density at radius 1 is 1.07 bits per heavy atom. The van der Waals surface area contributed by atoms with Crippen molar-refractivity contribution in [1.82, 2.24) is 20.1 Å². The van der Waals surface area contributed by atoms with Gasteiger partial charge in [-0.3, -0.25) is 19.4 Å². The van der Waals surface area contributed by atoms with E-state index in [0.717, 1.165) is 6.20 Å². The number of primary amides is 1. The van der Waals surface area contributed by atoms with Crippen LogP contribution < -0.4 is 11.1 Å². The fourth-order valence-electron chi connectivity index (χ4n) is 2.82. The lowest BCUT2D eigenvalue weighted by Crippen LogP contribution is -2.47. The zero-order valence-corrected chi connectivity index (χ0v) is 15.5. The minimum absolute atomic E-state index is 0.00371. The van der Waals surface area contributed by atoms with Crippen molar-refractivity contribution in [1.29, 1.82) is 0 Å². The summed E-state index contributed by atoms with van der Waals surface area (Å²) in [5.74, 6) is -3.09. The van der Waals surface area contributed by atoms with Crippen LogP contribution in [0.25, 0.3) is 11.4 Å². The van der Waals surface area contributed by atoms with Gasteiger partial charge in [-0.05, 0) is 17.7 Å². The summed E-state index contributed by atoms with van der Waals surface area (Å²) in [7, 11) is 0. The first-order chi connectivity index (χ1) is 14.4. The second kappa shape index (κ2) is 9.03. The number of carbonyl (C=O) groups is 3. The normalized spacial score (nSPS) is 11.8. The molecule has 0 radical (unpaired) electrons. The molecule has 0 saturated heterocycles. The third-order valence-electron chi connectivity index (χ3n) is 4.23. The number of alkyl halides is 2. The first kappa shape index (κ1) is 20.8. The van der Waals surface area contributed by atoms with E-state index in [4.69, 9.17) is 5.73 Å². The van der Waals surface area contributed by atoms with Gasteiger partial charge in [-0.1, -0.05) is 36.4 Å². The van der Waals surface area contributed by atoms with E-state index in [2.05, 4.69) is 15.4 Å². The molecule has 0 spiro atoms. The number of benzene rings is 1. The van der Waals surface area contributed by atoms with Gasteiger partial charge in [0.1, 0.15) is 11.7 Å². The highest BCUT2D eigenvalue weighted by Gasteiger charge is 2.28. The molecule has 3 N–H and O–H groups in total. The number of amides is 2. The van der Waals surface area contributed by atoms with Crippen molar-refractivity contribution in [3.63, 3.8) is 0 Å².